The molecular formula is C22H35N4O5S+. The summed E-state index contributed by atoms with van der Waals surface area (Å²) in [6.07, 6.45) is 0.448. The topological polar surface area (TPSA) is 110 Å². The smallest absolute Gasteiger partial charge is 0.353 e. The third-order valence-electron chi connectivity index (χ3n) is 7.51. The highest BCUT2D eigenvalue weighted by atomic mass is 32.2. The minimum Gasteiger partial charge on any atom is -0.477 e. The molecule has 4 rings (SSSR count). The zero-order chi connectivity index (χ0) is 23.4. The van der Waals surface area contributed by atoms with Gasteiger partial charge in [0.25, 0.3) is 0 Å². The number of rotatable bonds is 6. The van der Waals surface area contributed by atoms with Gasteiger partial charge in [0.2, 0.25) is 11.8 Å². The zero-order valence-electron chi connectivity index (χ0n) is 19.3. The lowest BCUT2D eigenvalue weighted by atomic mass is 9.79. The molecule has 0 unspecified atom stereocenters. The molecule has 3 saturated heterocycles. The predicted molar refractivity (Wildman–Crippen MR) is 120 cm³/mol. The molecule has 4 aliphatic rings. The maximum absolute atomic E-state index is 12.8. The second kappa shape index (κ2) is 8.62. The number of likely N-dealkylation sites (N-methyl/N-ethyl adjacent to an activating group) is 1. The van der Waals surface area contributed by atoms with Crippen molar-refractivity contribution in [3.8, 4) is 0 Å². The van der Waals surface area contributed by atoms with Gasteiger partial charge in [0.15, 0.2) is 0 Å². The van der Waals surface area contributed by atoms with Crippen molar-refractivity contribution in [2.24, 2.45) is 11.8 Å². The lowest BCUT2D eigenvalue weighted by Crippen LogP contribution is -2.63. The number of carboxylic acid groups (broad SMARTS) is 1. The van der Waals surface area contributed by atoms with Crippen LogP contribution in [0, 0.1) is 11.8 Å². The Morgan fingerprint density at radius 1 is 1.28 bits per heavy atom. The van der Waals surface area contributed by atoms with Gasteiger partial charge in [-0.25, -0.2) is 4.79 Å². The quantitative estimate of drug-likeness (QED) is 0.370. The number of hydrogen-bond donors (Lipinski definition) is 3. The average Bonchev–Trinajstić information content (AvgIpc) is 3.23. The maximum atomic E-state index is 12.8. The van der Waals surface area contributed by atoms with E-state index in [9.17, 15) is 24.6 Å². The van der Waals surface area contributed by atoms with Crippen LogP contribution in [-0.4, -0.2) is 113 Å². The van der Waals surface area contributed by atoms with E-state index in [0.717, 1.165) is 37.1 Å². The molecule has 3 N–H and O–H groups in total. The Bertz CT molecular complexity index is 834. The van der Waals surface area contributed by atoms with Crippen LogP contribution in [0.5, 0.6) is 0 Å². The second-order valence-electron chi connectivity index (χ2n) is 10.3. The molecule has 0 aromatic carbocycles. The van der Waals surface area contributed by atoms with Crippen LogP contribution in [0.25, 0.3) is 0 Å². The number of thioether (sulfide) groups is 1. The first-order chi connectivity index (χ1) is 15.0. The van der Waals surface area contributed by atoms with Gasteiger partial charge in [-0.1, -0.05) is 6.92 Å². The van der Waals surface area contributed by atoms with Gasteiger partial charge in [-0.3, -0.25) is 9.59 Å². The largest absolute Gasteiger partial charge is 0.477 e. The van der Waals surface area contributed by atoms with Crippen molar-refractivity contribution in [1.82, 2.24) is 15.1 Å². The fourth-order valence-corrected chi connectivity index (χ4v) is 7.00. The molecule has 6 atom stereocenters. The number of aliphatic hydroxyl groups is 1. The van der Waals surface area contributed by atoms with E-state index in [4.69, 9.17) is 0 Å². The number of fused-ring (bicyclic) bond motifs is 1. The van der Waals surface area contributed by atoms with Crippen molar-refractivity contribution >= 4 is 29.5 Å². The number of aliphatic carboxylic acids is 1. The van der Waals surface area contributed by atoms with Gasteiger partial charge < -0.3 is 29.8 Å². The minimum atomic E-state index is -1.09. The molecule has 0 spiro atoms. The Morgan fingerprint density at radius 2 is 1.94 bits per heavy atom. The van der Waals surface area contributed by atoms with Crippen molar-refractivity contribution in [2.45, 2.75) is 50.1 Å². The van der Waals surface area contributed by atoms with Crippen molar-refractivity contribution in [2.75, 3.05) is 46.8 Å². The normalized spacial score (nSPS) is 35.0. The lowest BCUT2D eigenvalue weighted by Gasteiger charge is -2.46. The van der Waals surface area contributed by atoms with Gasteiger partial charge in [0.05, 0.1) is 58.3 Å². The fourth-order valence-electron chi connectivity index (χ4n) is 5.48. The SMILES string of the molecule is C[C@@H](O)[C@H]1C(=O)N2C(C(=O)O)=C(S[C@@H]3CN[C@H](CC(=O)N4CC[N+](C)(C)CC4)C3)[C@H](C)[C@H]12. The van der Waals surface area contributed by atoms with Crippen LogP contribution in [-0.2, 0) is 14.4 Å². The molecule has 4 heterocycles. The van der Waals surface area contributed by atoms with Crippen molar-refractivity contribution in [3.63, 3.8) is 0 Å². The van der Waals surface area contributed by atoms with Crippen LogP contribution in [0.1, 0.15) is 26.7 Å². The number of hydrogen-bond acceptors (Lipinski definition) is 6. The van der Waals surface area contributed by atoms with Gasteiger partial charge in [-0.15, -0.1) is 11.8 Å². The molecular weight excluding hydrogens is 432 g/mol. The Morgan fingerprint density at radius 3 is 2.53 bits per heavy atom. The Labute approximate surface area is 193 Å². The van der Waals surface area contributed by atoms with E-state index in [2.05, 4.69) is 19.4 Å². The molecule has 0 saturated carbocycles. The first-order valence-corrected chi connectivity index (χ1v) is 12.4. The summed E-state index contributed by atoms with van der Waals surface area (Å²) in [7, 11) is 4.37. The number of quaternary nitrogens is 1. The van der Waals surface area contributed by atoms with Gasteiger partial charge in [-0.05, 0) is 13.3 Å². The van der Waals surface area contributed by atoms with Crippen LogP contribution in [0.15, 0.2) is 10.6 Å². The molecule has 0 aromatic heterocycles. The number of piperazine rings is 1. The van der Waals surface area contributed by atoms with Crippen LogP contribution in [0.4, 0.5) is 0 Å². The zero-order valence-corrected chi connectivity index (χ0v) is 20.1. The summed E-state index contributed by atoms with van der Waals surface area (Å²) in [5.41, 5.74) is 0.0722. The Balaban J connectivity index is 1.36. The van der Waals surface area contributed by atoms with Gasteiger partial charge >= 0.3 is 5.97 Å². The molecule has 2 amide bonds. The van der Waals surface area contributed by atoms with E-state index >= 15 is 0 Å². The van der Waals surface area contributed by atoms with Gasteiger partial charge in [-0.2, -0.15) is 0 Å². The van der Waals surface area contributed by atoms with Crippen LogP contribution >= 0.6 is 11.8 Å². The minimum absolute atomic E-state index is 0.0722. The van der Waals surface area contributed by atoms with E-state index in [1.165, 1.54) is 16.7 Å². The molecule has 0 aromatic rings. The molecule has 10 heteroatoms. The summed E-state index contributed by atoms with van der Waals surface area (Å²) in [5, 5.41) is 23.4. The number of nitrogens with one attached hydrogen (secondary N) is 1. The van der Waals surface area contributed by atoms with Crippen molar-refractivity contribution in [3.05, 3.63) is 10.6 Å². The van der Waals surface area contributed by atoms with E-state index < -0.39 is 18.0 Å². The fraction of sp³-hybridized carbons (Fsp3) is 0.773. The van der Waals surface area contributed by atoms with E-state index in [1.54, 1.807) is 6.92 Å². The highest BCUT2D eigenvalue weighted by molar-refractivity contribution is 8.03. The highest BCUT2D eigenvalue weighted by Gasteiger charge is 2.60. The van der Waals surface area contributed by atoms with E-state index in [-0.39, 0.29) is 40.8 Å². The number of nitrogens with zero attached hydrogens (tertiary/aromatic N) is 3. The summed E-state index contributed by atoms with van der Waals surface area (Å²) < 4.78 is 0.944. The third kappa shape index (κ3) is 4.18. The summed E-state index contributed by atoms with van der Waals surface area (Å²) >= 11 is 1.52. The molecule has 0 radical (unpaired) electrons. The summed E-state index contributed by atoms with van der Waals surface area (Å²) in [4.78, 5) is 41.3. The number of amides is 2. The standard InChI is InChI=1S/C22H34N4O5S/c1-12-18-17(13(2)27)21(29)25(18)19(22(30)31)20(12)32-15-9-14(23-11-15)10-16(28)24-5-7-26(3,4)8-6-24/h12-15,17-18,23,27H,5-11H2,1-4H3/p+1/t12-,13-,14+,15+,17-,18-/m1/s1. The molecule has 178 valence electrons. The van der Waals surface area contributed by atoms with Gasteiger partial charge in [0, 0.05) is 35.1 Å². The number of carboxylic acids is 1. The number of β-lactam (4-membered cyclic amide) rings is 1. The summed E-state index contributed by atoms with van der Waals surface area (Å²) in [5.74, 6) is -1.89. The lowest BCUT2D eigenvalue weighted by molar-refractivity contribution is -0.894. The summed E-state index contributed by atoms with van der Waals surface area (Å²) in [6.45, 7) is 7.75. The number of carbonyl (C=O) groups is 3. The first-order valence-electron chi connectivity index (χ1n) is 11.5. The third-order valence-corrected chi connectivity index (χ3v) is 9.02. The second-order valence-corrected chi connectivity index (χ2v) is 11.7. The summed E-state index contributed by atoms with van der Waals surface area (Å²) in [6, 6.07) is -0.205. The van der Waals surface area contributed by atoms with E-state index in [0.29, 0.717) is 17.9 Å². The number of aliphatic hydroxyl groups excluding tert-OH is 1. The maximum Gasteiger partial charge on any atom is 0.353 e. The molecule has 0 aliphatic carbocycles. The monoisotopic (exact) mass is 467 g/mol. The van der Waals surface area contributed by atoms with Crippen molar-refractivity contribution in [1.29, 1.82) is 0 Å². The predicted octanol–water partition coefficient (Wildman–Crippen LogP) is -0.0875. The molecule has 3 fully saturated rings. The van der Waals surface area contributed by atoms with Crippen LogP contribution < -0.4 is 5.32 Å². The van der Waals surface area contributed by atoms with Crippen molar-refractivity contribution < 1.29 is 29.1 Å². The molecule has 4 aliphatic heterocycles. The molecule has 0 bridgehead atoms. The Kier molecular flexibility index (Phi) is 6.34. The average molecular weight is 468 g/mol. The highest BCUT2D eigenvalue weighted by Crippen LogP contribution is 2.51. The number of carbonyl (C=O) groups excluding carboxylic acids is 2. The van der Waals surface area contributed by atoms with Crippen LogP contribution in [0.2, 0.25) is 0 Å². The first kappa shape index (κ1) is 23.5. The van der Waals surface area contributed by atoms with Gasteiger partial charge in [0.1, 0.15) is 5.70 Å². The molecule has 9 nitrogen and oxygen atoms in total. The molecule has 32 heavy (non-hydrogen) atoms. The van der Waals surface area contributed by atoms with Crippen LogP contribution in [0.3, 0.4) is 0 Å². The Hall–Kier alpha value is -1.62. The van der Waals surface area contributed by atoms with E-state index in [1.807, 2.05) is 11.8 Å².